The number of benzene rings is 1. The van der Waals surface area contributed by atoms with Crippen LogP contribution in [-0.4, -0.2) is 17.3 Å². The molecule has 3 heteroatoms. The monoisotopic (exact) mass is 234 g/mol. The smallest absolute Gasteiger partial charge is 0.167 e. The van der Waals surface area contributed by atoms with Crippen molar-refractivity contribution in [3.05, 3.63) is 23.8 Å². The third-order valence-corrected chi connectivity index (χ3v) is 3.91. The summed E-state index contributed by atoms with van der Waals surface area (Å²) < 4.78 is 11.9. The van der Waals surface area contributed by atoms with Crippen LogP contribution in [0.3, 0.4) is 0 Å². The van der Waals surface area contributed by atoms with Gasteiger partial charge in [0.2, 0.25) is 0 Å². The van der Waals surface area contributed by atoms with E-state index in [1.807, 2.05) is 12.1 Å². The van der Waals surface area contributed by atoms with Crippen molar-refractivity contribution < 1.29 is 14.6 Å². The summed E-state index contributed by atoms with van der Waals surface area (Å²) in [4.78, 5) is 0. The second-order valence-corrected chi connectivity index (χ2v) is 5.44. The third-order valence-electron chi connectivity index (χ3n) is 3.91. The topological polar surface area (TPSA) is 38.7 Å². The Kier molecular flexibility index (Phi) is 2.33. The minimum absolute atomic E-state index is 0.0644. The van der Waals surface area contributed by atoms with Crippen molar-refractivity contribution in [2.24, 2.45) is 5.92 Å². The molecule has 2 atom stereocenters. The molecule has 2 heterocycles. The van der Waals surface area contributed by atoms with Gasteiger partial charge in [0.25, 0.3) is 0 Å². The average molecular weight is 234 g/mol. The molecule has 92 valence electrons. The molecule has 17 heavy (non-hydrogen) atoms. The molecule has 2 aliphatic heterocycles. The first-order valence-electron chi connectivity index (χ1n) is 6.22. The maximum Gasteiger partial charge on any atom is 0.167 e. The van der Waals surface area contributed by atoms with E-state index in [4.69, 9.17) is 9.47 Å². The zero-order chi connectivity index (χ0) is 12.0. The number of rotatable bonds is 0. The summed E-state index contributed by atoms with van der Waals surface area (Å²) in [7, 11) is 0. The molecule has 1 fully saturated rings. The first kappa shape index (κ1) is 10.9. The Labute approximate surface area is 101 Å². The quantitative estimate of drug-likeness (QED) is 0.750. The summed E-state index contributed by atoms with van der Waals surface area (Å²) >= 11 is 0. The summed E-state index contributed by atoms with van der Waals surface area (Å²) in [6, 6.07) is 5.51. The number of phenolic OH excluding ortho intramolecular Hbond substituents is 1. The fourth-order valence-corrected chi connectivity index (χ4v) is 3.02. The van der Waals surface area contributed by atoms with Gasteiger partial charge in [-0.05, 0) is 32.8 Å². The van der Waals surface area contributed by atoms with E-state index in [1.54, 1.807) is 6.07 Å². The lowest BCUT2D eigenvalue weighted by Gasteiger charge is -2.46. The molecule has 1 aromatic carbocycles. The van der Waals surface area contributed by atoms with Crippen LogP contribution in [0, 0.1) is 5.92 Å². The van der Waals surface area contributed by atoms with Gasteiger partial charge in [-0.2, -0.15) is 0 Å². The van der Waals surface area contributed by atoms with Crippen LogP contribution in [-0.2, 0) is 4.74 Å². The van der Waals surface area contributed by atoms with Gasteiger partial charge >= 0.3 is 0 Å². The SMILES string of the molecule is CC1(C)Oc2c(O)cccc2[C@H]2OCCC[C@@H]21. The van der Waals surface area contributed by atoms with Gasteiger partial charge in [-0.15, -0.1) is 0 Å². The lowest BCUT2D eigenvalue weighted by atomic mass is 9.76. The first-order chi connectivity index (χ1) is 8.09. The van der Waals surface area contributed by atoms with Crippen molar-refractivity contribution in [2.45, 2.75) is 38.4 Å². The number of aromatic hydroxyl groups is 1. The largest absolute Gasteiger partial charge is 0.504 e. The number of ether oxygens (including phenoxy) is 2. The second-order valence-electron chi connectivity index (χ2n) is 5.44. The van der Waals surface area contributed by atoms with Crippen LogP contribution in [0.2, 0.25) is 0 Å². The Balaban J connectivity index is 2.11. The number of para-hydroxylation sites is 1. The second kappa shape index (κ2) is 3.64. The van der Waals surface area contributed by atoms with E-state index in [0.29, 0.717) is 11.7 Å². The number of hydrogen-bond acceptors (Lipinski definition) is 3. The fraction of sp³-hybridized carbons (Fsp3) is 0.571. The van der Waals surface area contributed by atoms with E-state index < -0.39 is 0 Å². The van der Waals surface area contributed by atoms with Crippen LogP contribution >= 0.6 is 0 Å². The number of phenols is 1. The van der Waals surface area contributed by atoms with Crippen molar-refractivity contribution in [1.82, 2.24) is 0 Å². The van der Waals surface area contributed by atoms with Gasteiger partial charge in [-0.1, -0.05) is 12.1 Å². The predicted octanol–water partition coefficient (Wildman–Crippen LogP) is 3.03. The Morgan fingerprint density at radius 1 is 1.35 bits per heavy atom. The molecule has 0 aromatic heterocycles. The molecule has 1 N–H and O–H groups in total. The number of hydrogen-bond donors (Lipinski definition) is 1. The molecule has 0 saturated carbocycles. The highest BCUT2D eigenvalue weighted by molar-refractivity contribution is 5.49. The molecule has 0 aliphatic carbocycles. The van der Waals surface area contributed by atoms with Crippen molar-refractivity contribution >= 4 is 0 Å². The van der Waals surface area contributed by atoms with Crippen LogP contribution < -0.4 is 4.74 Å². The summed E-state index contributed by atoms with van der Waals surface area (Å²) in [6.45, 7) is 4.95. The van der Waals surface area contributed by atoms with Gasteiger partial charge in [0.1, 0.15) is 5.60 Å². The molecular weight excluding hydrogens is 216 g/mol. The summed E-state index contributed by atoms with van der Waals surface area (Å²) in [5.74, 6) is 1.18. The lowest BCUT2D eigenvalue weighted by molar-refractivity contribution is -0.117. The van der Waals surface area contributed by atoms with Crippen LogP contribution in [0.4, 0.5) is 0 Å². The zero-order valence-electron chi connectivity index (χ0n) is 10.3. The molecular formula is C14H18O3. The van der Waals surface area contributed by atoms with Crippen molar-refractivity contribution in [3.8, 4) is 11.5 Å². The van der Waals surface area contributed by atoms with E-state index in [0.717, 1.165) is 25.0 Å². The van der Waals surface area contributed by atoms with E-state index in [-0.39, 0.29) is 17.5 Å². The molecule has 2 aliphatic rings. The van der Waals surface area contributed by atoms with Gasteiger partial charge in [0, 0.05) is 18.1 Å². The normalized spacial score (nSPS) is 30.0. The predicted molar refractivity (Wildman–Crippen MR) is 64.2 cm³/mol. The van der Waals surface area contributed by atoms with E-state index in [9.17, 15) is 5.11 Å². The molecule has 0 unspecified atom stereocenters. The van der Waals surface area contributed by atoms with Crippen LogP contribution in [0.1, 0.15) is 38.4 Å². The van der Waals surface area contributed by atoms with Gasteiger partial charge in [-0.25, -0.2) is 0 Å². The van der Waals surface area contributed by atoms with Gasteiger partial charge < -0.3 is 14.6 Å². The molecule has 3 rings (SSSR count). The standard InChI is InChI=1S/C14H18O3/c1-14(2)10-6-4-8-16-12(10)9-5-3-7-11(15)13(9)17-14/h3,5,7,10,12,15H,4,6,8H2,1-2H3/t10-,12+/m0/s1. The average Bonchev–Trinajstić information content (AvgIpc) is 2.31. The van der Waals surface area contributed by atoms with Crippen molar-refractivity contribution in [1.29, 1.82) is 0 Å². The van der Waals surface area contributed by atoms with E-state index in [1.165, 1.54) is 0 Å². The summed E-state index contributed by atoms with van der Waals surface area (Å²) in [6.07, 6.45) is 2.27. The maximum atomic E-state index is 9.90. The fourth-order valence-electron chi connectivity index (χ4n) is 3.02. The van der Waals surface area contributed by atoms with Crippen molar-refractivity contribution in [3.63, 3.8) is 0 Å². The van der Waals surface area contributed by atoms with Crippen LogP contribution in [0.5, 0.6) is 11.5 Å². The van der Waals surface area contributed by atoms with Crippen LogP contribution in [0.15, 0.2) is 18.2 Å². The molecule has 0 radical (unpaired) electrons. The highest BCUT2D eigenvalue weighted by Gasteiger charge is 2.46. The Bertz CT molecular complexity index is 439. The molecule has 0 amide bonds. The minimum Gasteiger partial charge on any atom is -0.504 e. The van der Waals surface area contributed by atoms with Crippen LogP contribution in [0.25, 0.3) is 0 Å². The summed E-state index contributed by atoms with van der Waals surface area (Å²) in [5.41, 5.74) is 0.714. The molecule has 0 spiro atoms. The number of fused-ring (bicyclic) bond motifs is 3. The third kappa shape index (κ3) is 1.61. The molecule has 3 nitrogen and oxygen atoms in total. The Morgan fingerprint density at radius 3 is 3.00 bits per heavy atom. The van der Waals surface area contributed by atoms with E-state index >= 15 is 0 Å². The highest BCUT2D eigenvalue weighted by Crippen LogP contribution is 2.51. The maximum absolute atomic E-state index is 9.90. The Morgan fingerprint density at radius 2 is 2.18 bits per heavy atom. The summed E-state index contributed by atoms with van der Waals surface area (Å²) in [5, 5.41) is 9.90. The van der Waals surface area contributed by atoms with E-state index in [2.05, 4.69) is 13.8 Å². The molecule has 1 aromatic rings. The lowest BCUT2D eigenvalue weighted by Crippen LogP contribution is -2.47. The molecule has 1 saturated heterocycles. The van der Waals surface area contributed by atoms with Gasteiger partial charge in [0.15, 0.2) is 11.5 Å². The van der Waals surface area contributed by atoms with Gasteiger partial charge in [-0.3, -0.25) is 0 Å². The highest BCUT2D eigenvalue weighted by atomic mass is 16.5. The minimum atomic E-state index is -0.281. The Hall–Kier alpha value is -1.22. The van der Waals surface area contributed by atoms with Gasteiger partial charge in [0.05, 0.1) is 6.10 Å². The first-order valence-corrected chi connectivity index (χ1v) is 6.22. The van der Waals surface area contributed by atoms with Crippen molar-refractivity contribution in [2.75, 3.05) is 6.61 Å². The zero-order valence-corrected chi connectivity index (χ0v) is 10.3. The molecule has 0 bridgehead atoms.